The van der Waals surface area contributed by atoms with E-state index in [1.54, 1.807) is 20.8 Å². The Kier molecular flexibility index (Phi) is 33.7. The molecule has 0 aromatic heterocycles. The van der Waals surface area contributed by atoms with E-state index in [4.69, 9.17) is 14.8 Å². The summed E-state index contributed by atoms with van der Waals surface area (Å²) < 4.78 is 10.4. The van der Waals surface area contributed by atoms with Crippen LogP contribution in [-0.4, -0.2) is 61.1 Å². The molecule has 2 aromatic carbocycles. The summed E-state index contributed by atoms with van der Waals surface area (Å²) in [5.41, 5.74) is 3.60. The lowest BCUT2D eigenvalue weighted by Gasteiger charge is -2.22. The van der Waals surface area contributed by atoms with Crippen LogP contribution in [0.5, 0.6) is 0 Å². The van der Waals surface area contributed by atoms with Crippen LogP contribution in [0.3, 0.4) is 0 Å². The predicted molar refractivity (Wildman–Crippen MR) is 277 cm³/mol. The van der Waals surface area contributed by atoms with Gasteiger partial charge in [0.25, 0.3) is 0 Å². The van der Waals surface area contributed by atoms with Crippen LogP contribution in [0.15, 0.2) is 60.7 Å². The van der Waals surface area contributed by atoms with Crippen molar-refractivity contribution in [2.75, 3.05) is 26.2 Å². The average molecular weight is 917 g/mol. The number of carboxylic acids is 1. The molecule has 0 bridgehead atoms. The summed E-state index contributed by atoms with van der Waals surface area (Å²) in [6, 6.07) is 14.6. The Bertz CT molecular complexity index is 1530. The molecule has 0 fully saturated rings. The molecule has 1 atom stereocenters. The smallest absolute Gasteiger partial charge is 0.408 e. The summed E-state index contributed by atoms with van der Waals surface area (Å²) in [5.74, 6) is -1.40. The Hall–Kier alpha value is -3.85. The zero-order chi connectivity index (χ0) is 47.9. The van der Waals surface area contributed by atoms with Crippen LogP contribution in [-0.2, 0) is 14.3 Å². The van der Waals surface area contributed by atoms with Gasteiger partial charge in [0.15, 0.2) is 0 Å². The largest absolute Gasteiger partial charge is 0.662 e. The maximum atomic E-state index is 12.2. The molecule has 1 aliphatic rings. The first-order valence-corrected chi connectivity index (χ1v) is 26.7. The minimum atomic E-state index is -1.35. The average Bonchev–Trinajstić information content (AvgIpc) is 3.61. The Morgan fingerprint density at radius 1 is 0.591 bits per heavy atom. The van der Waals surface area contributed by atoms with Crippen LogP contribution < -0.4 is 10.6 Å². The summed E-state index contributed by atoms with van der Waals surface area (Å²) in [7, 11) is 0. The van der Waals surface area contributed by atoms with Crippen LogP contribution >= 0.6 is 0 Å². The molecule has 0 radical (unpaired) electrons. The maximum absolute atomic E-state index is 12.2. The van der Waals surface area contributed by atoms with E-state index in [0.29, 0.717) is 0 Å². The molecule has 0 saturated heterocycles. The van der Waals surface area contributed by atoms with Crippen molar-refractivity contribution in [1.82, 2.24) is 10.6 Å². The van der Waals surface area contributed by atoms with Crippen molar-refractivity contribution < 1.29 is 29.0 Å². The third kappa shape index (κ3) is 29.0. The number of hydrogen-bond acceptors (Lipinski definition) is 5. The van der Waals surface area contributed by atoms with Gasteiger partial charge in [0.05, 0.1) is 6.54 Å². The second-order valence-electron chi connectivity index (χ2n) is 19.4. The number of allylic oxidation sites excluding steroid dienone is 2. The van der Waals surface area contributed by atoms with Gasteiger partial charge in [-0.2, -0.15) is 0 Å². The van der Waals surface area contributed by atoms with E-state index in [-0.39, 0.29) is 19.1 Å². The van der Waals surface area contributed by atoms with Gasteiger partial charge in [-0.15, -0.1) is 13.1 Å². The predicted octanol–water partition coefficient (Wildman–Crippen LogP) is 16.4. The van der Waals surface area contributed by atoms with Crippen LogP contribution in [0.2, 0.25) is 0 Å². The highest BCUT2D eigenvalue weighted by Gasteiger charge is 2.30. The van der Waals surface area contributed by atoms with E-state index in [9.17, 15) is 19.5 Å². The number of benzene rings is 2. The molecule has 9 heteroatoms. The number of fused-ring (bicyclic) bond motifs is 3. The molecule has 0 unspecified atom stereocenters. The third-order valence-electron chi connectivity index (χ3n) is 12.3. The molecule has 3 rings (SSSR count). The molecular weight excluding hydrogens is 823 g/mol. The van der Waals surface area contributed by atoms with Crippen molar-refractivity contribution in [1.29, 1.82) is 0 Å². The third-order valence-corrected chi connectivity index (χ3v) is 12.3. The van der Waals surface area contributed by atoms with E-state index in [1.165, 1.54) is 180 Å². The molecule has 0 spiro atoms. The van der Waals surface area contributed by atoms with Gasteiger partial charge >= 0.3 is 18.2 Å². The zero-order valence-electron chi connectivity index (χ0n) is 42.5. The van der Waals surface area contributed by atoms with Gasteiger partial charge in [0.2, 0.25) is 0 Å². The van der Waals surface area contributed by atoms with E-state index < -0.39 is 29.8 Å². The van der Waals surface area contributed by atoms with Crippen LogP contribution in [0.1, 0.15) is 231 Å². The van der Waals surface area contributed by atoms with Crippen molar-refractivity contribution in [2.24, 2.45) is 0 Å². The second kappa shape index (κ2) is 38.2. The van der Waals surface area contributed by atoms with Crippen LogP contribution in [0.25, 0.3) is 16.4 Å². The lowest BCUT2D eigenvalue weighted by molar-refractivity contribution is -0.139. The van der Waals surface area contributed by atoms with Crippen molar-refractivity contribution in [2.45, 2.75) is 232 Å². The van der Waals surface area contributed by atoms with Crippen molar-refractivity contribution in [3.8, 4) is 11.1 Å². The number of ether oxygens (including phenoxy) is 2. The van der Waals surface area contributed by atoms with Crippen molar-refractivity contribution in [3.63, 3.8) is 0 Å². The molecule has 0 heterocycles. The topological polar surface area (TPSA) is 128 Å². The van der Waals surface area contributed by atoms with Crippen molar-refractivity contribution >= 4 is 18.2 Å². The van der Waals surface area contributed by atoms with E-state index in [1.807, 2.05) is 48.5 Å². The number of unbranched alkanes of at least 4 members (excludes halogenated alkanes) is 25. The summed E-state index contributed by atoms with van der Waals surface area (Å²) in [4.78, 5) is 35.4. The minimum absolute atomic E-state index is 0.103. The normalized spacial score (nSPS) is 12.6. The lowest BCUT2D eigenvalue weighted by atomic mass is 9.98. The number of aliphatic carboxylic acids is 1. The Morgan fingerprint density at radius 3 is 1.39 bits per heavy atom. The van der Waals surface area contributed by atoms with Gasteiger partial charge in [-0.3, -0.25) is 0 Å². The monoisotopic (exact) mass is 917 g/mol. The number of carbonyl (C=O) groups excluding carboxylic acids is 2. The highest BCUT2D eigenvalue weighted by molar-refractivity contribution is 5.81. The van der Waals surface area contributed by atoms with Crippen LogP contribution in [0, 0.1) is 0 Å². The second-order valence-corrected chi connectivity index (χ2v) is 19.4. The Labute approximate surface area is 402 Å². The minimum Gasteiger partial charge on any atom is -0.662 e. The quantitative estimate of drug-likeness (QED) is 0.0457. The first-order chi connectivity index (χ1) is 32.1. The number of alkyl carbamates (subject to hydrolysis) is 2. The van der Waals surface area contributed by atoms with Gasteiger partial charge in [-0.25, -0.2) is 14.4 Å². The molecule has 0 aliphatic heterocycles. The van der Waals surface area contributed by atoms with Gasteiger partial charge in [0.1, 0.15) is 18.2 Å². The maximum Gasteiger partial charge on any atom is 0.408 e. The van der Waals surface area contributed by atoms with E-state index in [2.05, 4.69) is 36.6 Å². The van der Waals surface area contributed by atoms with E-state index in [0.717, 1.165) is 35.3 Å². The molecule has 2 aromatic rings. The highest BCUT2D eigenvalue weighted by atomic mass is 16.6. The highest BCUT2D eigenvalue weighted by Crippen LogP contribution is 2.44. The fraction of sp³-hybridized carbons (Fsp3) is 0.702. The Balaban J connectivity index is 0.000000456. The van der Waals surface area contributed by atoms with E-state index >= 15 is 0 Å². The van der Waals surface area contributed by atoms with Gasteiger partial charge in [0, 0.05) is 5.92 Å². The number of carboxylic acid groups (broad SMARTS) is 1. The summed E-state index contributed by atoms with van der Waals surface area (Å²) in [6.45, 7) is 11.6. The number of nitrogens with zero attached hydrogens (tertiary/aromatic N) is 1. The Morgan fingerprint density at radius 2 is 0.985 bits per heavy atom. The molecular formula is C57H94N3O6-. The molecule has 9 nitrogen and oxygen atoms in total. The van der Waals surface area contributed by atoms with Crippen LogP contribution in [0.4, 0.5) is 9.59 Å². The van der Waals surface area contributed by atoms with Crippen molar-refractivity contribution in [3.05, 3.63) is 77.1 Å². The summed E-state index contributed by atoms with van der Waals surface area (Å²) in [6.07, 6.45) is 42.8. The number of amides is 2. The molecule has 1 aliphatic carbocycles. The fourth-order valence-electron chi connectivity index (χ4n) is 8.49. The molecule has 2 amide bonds. The summed E-state index contributed by atoms with van der Waals surface area (Å²) in [5, 5.41) is 18.7. The SMILES string of the molecule is CC(C)(C)OC(=O)N[C@@H](CNC(=O)OCC1c2ccccc2-c2ccccc21)C(=O)O.CCCCCCCC/C=C\CCCCCCCC[N-]CCCCCCCCCCCCCCCC. The molecule has 66 heavy (non-hydrogen) atoms. The number of rotatable bonds is 37. The standard InChI is InChI=1S/C34H68N.C23H26N2O6/c1-3-5-7-9-11-13-15-17-19-20-22-24-26-28-30-32-34-35-33-31-29-27-25-23-21-18-16-14-12-10-8-6-4-2;1-23(2,3)31-22(29)25-19(20(26)27)12-24-21(28)30-13-18-16-10-6-4-8-14(16)15-9-5-7-11-17(15)18/h17,19H,3-16,18,20-34H2,1-2H3;4-11,18-19H,12-13H2,1-3H3,(H,24,28)(H,25,29)(H,26,27)/q-1;/b19-17-;/t;19-/m.0/s1. The number of hydrogen-bond donors (Lipinski definition) is 3. The number of carbonyl (C=O) groups is 3. The molecule has 0 saturated carbocycles. The molecule has 3 N–H and O–H groups in total. The molecule has 374 valence electrons. The van der Waals surface area contributed by atoms with Gasteiger partial charge in [-0.1, -0.05) is 229 Å². The fourth-order valence-corrected chi connectivity index (χ4v) is 8.49. The lowest BCUT2D eigenvalue weighted by Crippen LogP contribution is -2.49. The first kappa shape index (κ1) is 58.3. The first-order valence-electron chi connectivity index (χ1n) is 26.7. The van der Waals surface area contributed by atoms with Gasteiger partial charge < -0.3 is 30.5 Å². The number of nitrogens with one attached hydrogen (secondary N) is 2. The van der Waals surface area contributed by atoms with Gasteiger partial charge in [-0.05, 0) is 68.7 Å². The summed E-state index contributed by atoms with van der Waals surface area (Å²) >= 11 is 0. The zero-order valence-corrected chi connectivity index (χ0v) is 42.5.